The van der Waals surface area contributed by atoms with Crippen LogP contribution in [0.3, 0.4) is 0 Å². The van der Waals surface area contributed by atoms with Crippen LogP contribution in [0.1, 0.15) is 25.0 Å². The molecule has 1 saturated carbocycles. The molecule has 7 heteroatoms. The molecule has 0 amide bonds. The Labute approximate surface area is 94.7 Å². The number of aromatic nitrogens is 2. The lowest BCUT2D eigenvalue weighted by Crippen LogP contribution is -2.54. The van der Waals surface area contributed by atoms with Gasteiger partial charge in [0.25, 0.3) is 0 Å². The molecule has 2 rings (SSSR count). The van der Waals surface area contributed by atoms with Crippen molar-refractivity contribution in [1.82, 2.24) is 14.9 Å². The van der Waals surface area contributed by atoms with E-state index in [0.29, 0.717) is 12.2 Å². The molecule has 1 fully saturated rings. The fraction of sp³-hybridized carbons (Fsp3) is 0.667. The van der Waals surface area contributed by atoms with Crippen molar-refractivity contribution in [2.24, 2.45) is 5.73 Å². The van der Waals surface area contributed by atoms with Crippen LogP contribution in [-0.4, -0.2) is 30.7 Å². The summed E-state index contributed by atoms with van der Waals surface area (Å²) in [7, 11) is -3.48. The molecule has 1 aromatic heterocycles. The average molecular weight is 244 g/mol. The Hall–Kier alpha value is -0.920. The van der Waals surface area contributed by atoms with Crippen molar-refractivity contribution in [2.75, 3.05) is 6.54 Å². The van der Waals surface area contributed by atoms with Gasteiger partial charge in [-0.2, -0.15) is 5.10 Å². The lowest BCUT2D eigenvalue weighted by molar-refractivity contribution is 0.251. The number of sulfonamides is 1. The minimum absolute atomic E-state index is 0.190. The van der Waals surface area contributed by atoms with E-state index in [1.807, 2.05) is 0 Å². The topological polar surface area (TPSA) is 101 Å². The second-order valence-electron chi connectivity index (χ2n) is 4.40. The van der Waals surface area contributed by atoms with Crippen LogP contribution >= 0.6 is 0 Å². The van der Waals surface area contributed by atoms with Crippen molar-refractivity contribution in [3.63, 3.8) is 0 Å². The van der Waals surface area contributed by atoms with Crippen LogP contribution in [0.2, 0.25) is 0 Å². The Morgan fingerprint density at radius 2 is 2.31 bits per heavy atom. The Balaban J connectivity index is 2.06. The highest BCUT2D eigenvalue weighted by atomic mass is 32.2. The van der Waals surface area contributed by atoms with E-state index in [2.05, 4.69) is 14.9 Å². The van der Waals surface area contributed by atoms with Crippen LogP contribution in [0, 0.1) is 6.92 Å². The van der Waals surface area contributed by atoms with Crippen molar-refractivity contribution in [1.29, 1.82) is 0 Å². The van der Waals surface area contributed by atoms with E-state index >= 15 is 0 Å². The molecule has 16 heavy (non-hydrogen) atoms. The number of hydrogen-bond acceptors (Lipinski definition) is 4. The van der Waals surface area contributed by atoms with Crippen LogP contribution in [0.25, 0.3) is 0 Å². The van der Waals surface area contributed by atoms with E-state index in [9.17, 15) is 8.42 Å². The van der Waals surface area contributed by atoms with Crippen molar-refractivity contribution < 1.29 is 8.42 Å². The number of H-pyrrole nitrogens is 1. The van der Waals surface area contributed by atoms with Crippen LogP contribution < -0.4 is 10.5 Å². The molecule has 6 nitrogen and oxygen atoms in total. The SMILES string of the molecule is Cc1[nH]ncc1S(=O)(=O)NCC1(N)CCC1. The molecule has 0 atom stereocenters. The molecule has 0 radical (unpaired) electrons. The first-order valence-corrected chi connectivity index (χ1v) is 6.70. The first-order valence-electron chi connectivity index (χ1n) is 5.21. The van der Waals surface area contributed by atoms with Gasteiger partial charge in [0, 0.05) is 12.1 Å². The number of aromatic amines is 1. The van der Waals surface area contributed by atoms with Crippen molar-refractivity contribution in [3.05, 3.63) is 11.9 Å². The number of nitrogens with one attached hydrogen (secondary N) is 2. The number of nitrogens with zero attached hydrogens (tertiary/aromatic N) is 1. The molecule has 0 saturated heterocycles. The third kappa shape index (κ3) is 2.11. The second-order valence-corrected chi connectivity index (χ2v) is 6.14. The van der Waals surface area contributed by atoms with Gasteiger partial charge in [0.15, 0.2) is 0 Å². The highest BCUT2D eigenvalue weighted by molar-refractivity contribution is 7.89. The molecule has 0 aliphatic heterocycles. The van der Waals surface area contributed by atoms with Gasteiger partial charge in [0.05, 0.1) is 11.9 Å². The lowest BCUT2D eigenvalue weighted by atomic mass is 9.78. The Bertz CT molecular complexity index is 475. The molecule has 1 aliphatic rings. The number of rotatable bonds is 4. The number of nitrogens with two attached hydrogens (primary N) is 1. The van der Waals surface area contributed by atoms with E-state index in [1.54, 1.807) is 6.92 Å². The first-order chi connectivity index (χ1) is 7.43. The third-order valence-electron chi connectivity index (χ3n) is 3.04. The standard InChI is InChI=1S/C9H16N4O2S/c1-7-8(5-11-13-7)16(14,15)12-6-9(10)3-2-4-9/h5,12H,2-4,6,10H2,1H3,(H,11,13). The van der Waals surface area contributed by atoms with Gasteiger partial charge in [0.1, 0.15) is 4.90 Å². The van der Waals surface area contributed by atoms with Gasteiger partial charge in [-0.05, 0) is 26.2 Å². The van der Waals surface area contributed by atoms with Gasteiger partial charge >= 0.3 is 0 Å². The maximum absolute atomic E-state index is 11.9. The summed E-state index contributed by atoms with van der Waals surface area (Å²) in [5.41, 5.74) is 6.13. The summed E-state index contributed by atoms with van der Waals surface area (Å²) in [5.74, 6) is 0. The third-order valence-corrected chi connectivity index (χ3v) is 4.55. The zero-order valence-corrected chi connectivity index (χ0v) is 9.97. The summed E-state index contributed by atoms with van der Waals surface area (Å²) in [6.07, 6.45) is 4.13. The smallest absolute Gasteiger partial charge is 0.244 e. The molecule has 0 spiro atoms. The molecule has 90 valence electrons. The van der Waals surface area contributed by atoms with Gasteiger partial charge in [-0.15, -0.1) is 0 Å². The molecule has 4 N–H and O–H groups in total. The Kier molecular flexibility index (Phi) is 2.77. The lowest BCUT2D eigenvalue weighted by Gasteiger charge is -2.37. The largest absolute Gasteiger partial charge is 0.324 e. The second kappa shape index (κ2) is 3.83. The van der Waals surface area contributed by atoms with Crippen LogP contribution in [-0.2, 0) is 10.0 Å². The molecule has 1 heterocycles. The van der Waals surface area contributed by atoms with Gasteiger partial charge in [-0.3, -0.25) is 5.10 Å². The minimum atomic E-state index is -3.48. The molecule has 0 aromatic carbocycles. The zero-order chi connectivity index (χ0) is 11.8. The molecular formula is C9H16N4O2S. The van der Waals surface area contributed by atoms with Gasteiger partial charge in [0.2, 0.25) is 10.0 Å². The Morgan fingerprint density at radius 1 is 1.62 bits per heavy atom. The van der Waals surface area contributed by atoms with E-state index in [1.165, 1.54) is 6.20 Å². The number of aryl methyl sites for hydroxylation is 1. The van der Waals surface area contributed by atoms with Crippen molar-refractivity contribution in [3.8, 4) is 0 Å². The van der Waals surface area contributed by atoms with E-state index in [-0.39, 0.29) is 10.4 Å². The monoisotopic (exact) mass is 244 g/mol. The first kappa shape index (κ1) is 11.6. The van der Waals surface area contributed by atoms with Gasteiger partial charge in [-0.1, -0.05) is 0 Å². The van der Waals surface area contributed by atoms with E-state index in [4.69, 9.17) is 5.73 Å². The maximum Gasteiger partial charge on any atom is 0.244 e. The highest BCUT2D eigenvalue weighted by Crippen LogP contribution is 2.28. The summed E-state index contributed by atoms with van der Waals surface area (Å²) >= 11 is 0. The van der Waals surface area contributed by atoms with Gasteiger partial charge in [-0.25, -0.2) is 13.1 Å². The van der Waals surface area contributed by atoms with Crippen LogP contribution in [0.4, 0.5) is 0 Å². The summed E-state index contributed by atoms with van der Waals surface area (Å²) in [5, 5.41) is 6.29. The number of hydrogen-bond donors (Lipinski definition) is 3. The average Bonchev–Trinajstić information content (AvgIpc) is 2.59. The quantitative estimate of drug-likeness (QED) is 0.687. The molecule has 1 aliphatic carbocycles. The van der Waals surface area contributed by atoms with Crippen molar-refractivity contribution in [2.45, 2.75) is 36.6 Å². The summed E-state index contributed by atoms with van der Waals surface area (Å²) in [6.45, 7) is 1.96. The van der Waals surface area contributed by atoms with E-state index in [0.717, 1.165) is 19.3 Å². The van der Waals surface area contributed by atoms with Crippen LogP contribution in [0.15, 0.2) is 11.1 Å². The fourth-order valence-corrected chi connectivity index (χ4v) is 3.01. The summed E-state index contributed by atoms with van der Waals surface area (Å²) in [6, 6.07) is 0. The predicted molar refractivity (Wildman–Crippen MR) is 59.3 cm³/mol. The molecule has 1 aromatic rings. The molecular weight excluding hydrogens is 228 g/mol. The normalized spacial score (nSPS) is 19.4. The predicted octanol–water partition coefficient (Wildman–Crippen LogP) is -0.122. The van der Waals surface area contributed by atoms with Gasteiger partial charge < -0.3 is 5.73 Å². The summed E-state index contributed by atoms with van der Waals surface area (Å²) in [4.78, 5) is 0.190. The maximum atomic E-state index is 11.9. The molecule has 0 unspecified atom stereocenters. The zero-order valence-electron chi connectivity index (χ0n) is 9.16. The Morgan fingerprint density at radius 3 is 2.75 bits per heavy atom. The summed E-state index contributed by atoms with van der Waals surface area (Å²) < 4.78 is 26.3. The highest BCUT2D eigenvalue weighted by Gasteiger charge is 2.34. The minimum Gasteiger partial charge on any atom is -0.324 e. The van der Waals surface area contributed by atoms with E-state index < -0.39 is 10.0 Å². The van der Waals surface area contributed by atoms with Crippen LogP contribution in [0.5, 0.6) is 0 Å². The molecule has 0 bridgehead atoms. The van der Waals surface area contributed by atoms with Crippen molar-refractivity contribution >= 4 is 10.0 Å². The fourth-order valence-electron chi connectivity index (χ4n) is 1.73.